The van der Waals surface area contributed by atoms with Crippen LogP contribution in [0.15, 0.2) is 46.2 Å². The molecule has 11 heteroatoms. The molecule has 0 fully saturated rings. The molecular weight excluding hydrogens is 554 g/mol. The van der Waals surface area contributed by atoms with Crippen molar-refractivity contribution < 1.29 is 18.3 Å². The van der Waals surface area contributed by atoms with Crippen LogP contribution < -0.4 is 0 Å². The topological polar surface area (TPSA) is 120 Å². The zero-order valence-corrected chi connectivity index (χ0v) is 16.1. The molecule has 0 aromatic heterocycles. The van der Waals surface area contributed by atoms with E-state index in [0.29, 0.717) is 7.14 Å². The van der Waals surface area contributed by atoms with Gasteiger partial charge in [0.15, 0.2) is 0 Å². The van der Waals surface area contributed by atoms with Crippen LogP contribution in [0.5, 0.6) is 0 Å². The normalized spacial score (nSPS) is 11.2. The van der Waals surface area contributed by atoms with Crippen molar-refractivity contribution in [3.05, 3.63) is 63.8 Å². The Kier molecular flexibility index (Phi) is 5.20. The minimum atomic E-state index is -4.10. The van der Waals surface area contributed by atoms with Gasteiger partial charge in [0.25, 0.3) is 11.4 Å². The Hall–Kier alpha value is -1.35. The van der Waals surface area contributed by atoms with Crippen molar-refractivity contribution in [2.45, 2.75) is 9.79 Å². The van der Waals surface area contributed by atoms with E-state index in [-0.39, 0.29) is 21.2 Å². The van der Waals surface area contributed by atoms with E-state index in [1.54, 1.807) is 45.2 Å². The van der Waals surface area contributed by atoms with Crippen molar-refractivity contribution in [2.24, 2.45) is 0 Å². The fourth-order valence-corrected chi connectivity index (χ4v) is 4.10. The summed E-state index contributed by atoms with van der Waals surface area (Å²) in [4.78, 5) is 19.9. The number of nitro groups is 2. The van der Waals surface area contributed by atoms with Crippen LogP contribution >= 0.6 is 45.2 Å². The molecule has 0 radical (unpaired) electrons. The highest BCUT2D eigenvalue weighted by Crippen LogP contribution is 2.31. The molecule has 2 aromatic carbocycles. The Morgan fingerprint density at radius 1 is 0.783 bits per heavy atom. The average molecular weight is 560 g/mol. The van der Waals surface area contributed by atoms with Gasteiger partial charge in [-0.25, -0.2) is 8.42 Å². The van der Waals surface area contributed by atoms with E-state index in [1.165, 1.54) is 24.3 Å². The molecule has 0 atom stereocenters. The largest absolute Gasteiger partial charge is 0.283 e. The lowest BCUT2D eigenvalue weighted by atomic mass is 10.3. The lowest BCUT2D eigenvalue weighted by Gasteiger charge is -2.06. The zero-order chi connectivity index (χ0) is 17.4. The van der Waals surface area contributed by atoms with Crippen molar-refractivity contribution in [3.63, 3.8) is 0 Å². The third kappa shape index (κ3) is 3.60. The van der Waals surface area contributed by atoms with Crippen molar-refractivity contribution >= 4 is 66.4 Å². The summed E-state index contributed by atoms with van der Waals surface area (Å²) < 4.78 is 25.7. The lowest BCUT2D eigenvalue weighted by Crippen LogP contribution is -2.05. The van der Waals surface area contributed by atoms with Gasteiger partial charge in [-0.15, -0.1) is 0 Å². The first kappa shape index (κ1) is 18.0. The molecule has 0 bridgehead atoms. The number of rotatable bonds is 4. The minimum absolute atomic E-state index is 0.292. The monoisotopic (exact) mass is 560 g/mol. The molecule has 0 unspecified atom stereocenters. The summed E-state index contributed by atoms with van der Waals surface area (Å²) in [5, 5.41) is 21.9. The van der Waals surface area contributed by atoms with Gasteiger partial charge in [0.1, 0.15) is 0 Å². The van der Waals surface area contributed by atoms with Gasteiger partial charge >= 0.3 is 0 Å². The number of halogens is 2. The van der Waals surface area contributed by atoms with Gasteiger partial charge in [-0.05, 0) is 69.4 Å². The summed E-state index contributed by atoms with van der Waals surface area (Å²) in [7, 11) is -4.10. The van der Waals surface area contributed by atoms with Crippen molar-refractivity contribution in [1.29, 1.82) is 0 Å². The van der Waals surface area contributed by atoms with Crippen LogP contribution in [-0.2, 0) is 9.84 Å². The summed E-state index contributed by atoms with van der Waals surface area (Å²) in [6.45, 7) is 0. The predicted octanol–water partition coefficient (Wildman–Crippen LogP) is 3.55. The molecular formula is C12H6I2N2O6S. The lowest BCUT2D eigenvalue weighted by molar-refractivity contribution is -0.386. The molecule has 0 N–H and O–H groups in total. The molecule has 0 spiro atoms. The zero-order valence-electron chi connectivity index (χ0n) is 11.0. The fraction of sp³-hybridized carbons (Fsp3) is 0. The molecule has 0 aliphatic carbocycles. The number of nitro benzene ring substituents is 2. The molecule has 0 saturated heterocycles. The standard InChI is InChI=1S/C12H6I2N2O6S/c13-9-3-1-7(5-11(9)15(17)18)23(21,22)8-2-4-10(14)12(6-8)16(19)20/h1-6H. The summed E-state index contributed by atoms with van der Waals surface area (Å²) in [6, 6.07) is 6.98. The molecule has 2 rings (SSSR count). The van der Waals surface area contributed by atoms with Crippen LogP contribution in [0, 0.1) is 27.4 Å². The van der Waals surface area contributed by atoms with Crippen molar-refractivity contribution in [1.82, 2.24) is 0 Å². The molecule has 0 amide bonds. The van der Waals surface area contributed by atoms with E-state index in [4.69, 9.17) is 0 Å². The molecule has 8 nitrogen and oxygen atoms in total. The van der Waals surface area contributed by atoms with Gasteiger partial charge in [0, 0.05) is 12.1 Å². The molecule has 23 heavy (non-hydrogen) atoms. The van der Waals surface area contributed by atoms with Gasteiger partial charge in [-0.2, -0.15) is 0 Å². The highest BCUT2D eigenvalue weighted by Gasteiger charge is 2.25. The maximum atomic E-state index is 12.6. The number of hydrogen-bond donors (Lipinski definition) is 0. The maximum absolute atomic E-state index is 12.6. The molecule has 2 aromatic rings. The summed E-state index contributed by atoms with van der Waals surface area (Å²) in [5.74, 6) is 0. The molecule has 0 heterocycles. The van der Waals surface area contributed by atoms with Crippen LogP contribution in [-0.4, -0.2) is 18.3 Å². The second kappa shape index (κ2) is 6.64. The Morgan fingerprint density at radius 2 is 1.13 bits per heavy atom. The molecule has 0 aliphatic rings. The molecule has 0 aliphatic heterocycles. The number of benzene rings is 2. The van der Waals surface area contributed by atoms with E-state index in [9.17, 15) is 28.6 Å². The summed E-state index contributed by atoms with van der Waals surface area (Å²) in [5.41, 5.74) is -0.682. The Bertz CT molecular complexity index is 860. The maximum Gasteiger partial charge on any atom is 0.283 e. The van der Waals surface area contributed by atoms with E-state index in [1.807, 2.05) is 0 Å². The molecule has 120 valence electrons. The predicted molar refractivity (Wildman–Crippen MR) is 97.1 cm³/mol. The van der Waals surface area contributed by atoms with Crippen LogP contribution in [0.3, 0.4) is 0 Å². The Labute approximate surface area is 157 Å². The van der Waals surface area contributed by atoms with Gasteiger partial charge in [0.2, 0.25) is 9.84 Å². The van der Waals surface area contributed by atoms with Gasteiger partial charge in [-0.3, -0.25) is 20.2 Å². The second-order valence-electron chi connectivity index (χ2n) is 4.24. The number of hydrogen-bond acceptors (Lipinski definition) is 6. The van der Waals surface area contributed by atoms with Gasteiger partial charge in [-0.1, -0.05) is 0 Å². The highest BCUT2D eigenvalue weighted by molar-refractivity contribution is 14.1. The van der Waals surface area contributed by atoms with Crippen LogP contribution in [0.2, 0.25) is 0 Å². The number of nitrogens with zero attached hydrogens (tertiary/aromatic N) is 2. The van der Waals surface area contributed by atoms with Crippen LogP contribution in [0.4, 0.5) is 11.4 Å². The third-order valence-electron chi connectivity index (χ3n) is 2.85. The van der Waals surface area contributed by atoms with Crippen molar-refractivity contribution in [3.8, 4) is 0 Å². The SMILES string of the molecule is O=[N+]([O-])c1cc(S(=O)(=O)c2ccc(I)c([N+](=O)[O-])c2)ccc1I. The third-order valence-corrected chi connectivity index (χ3v) is 6.42. The second-order valence-corrected chi connectivity index (χ2v) is 8.52. The van der Waals surface area contributed by atoms with Crippen LogP contribution in [0.1, 0.15) is 0 Å². The highest BCUT2D eigenvalue weighted by atomic mass is 127. The van der Waals surface area contributed by atoms with E-state index < -0.39 is 19.7 Å². The smallest absolute Gasteiger partial charge is 0.258 e. The van der Waals surface area contributed by atoms with E-state index in [0.717, 1.165) is 12.1 Å². The minimum Gasteiger partial charge on any atom is -0.258 e. The first-order valence-corrected chi connectivity index (χ1v) is 9.41. The van der Waals surface area contributed by atoms with Gasteiger partial charge < -0.3 is 0 Å². The first-order chi connectivity index (χ1) is 10.6. The van der Waals surface area contributed by atoms with Crippen molar-refractivity contribution in [2.75, 3.05) is 0 Å². The van der Waals surface area contributed by atoms with E-state index >= 15 is 0 Å². The Morgan fingerprint density at radius 3 is 1.43 bits per heavy atom. The quantitative estimate of drug-likeness (QED) is 0.321. The summed E-state index contributed by atoms with van der Waals surface area (Å²) >= 11 is 3.45. The molecule has 0 saturated carbocycles. The fourth-order valence-electron chi connectivity index (χ4n) is 1.74. The van der Waals surface area contributed by atoms with Crippen LogP contribution in [0.25, 0.3) is 0 Å². The summed E-state index contributed by atoms with van der Waals surface area (Å²) in [6.07, 6.45) is 0. The average Bonchev–Trinajstić information content (AvgIpc) is 2.47. The first-order valence-electron chi connectivity index (χ1n) is 5.77. The Balaban J connectivity index is 2.64. The number of sulfone groups is 1. The van der Waals surface area contributed by atoms with Gasteiger partial charge in [0.05, 0.1) is 26.8 Å². The van der Waals surface area contributed by atoms with E-state index in [2.05, 4.69) is 0 Å².